The van der Waals surface area contributed by atoms with E-state index in [0.717, 1.165) is 44.5 Å². The summed E-state index contributed by atoms with van der Waals surface area (Å²) in [7, 11) is 0. The van der Waals surface area contributed by atoms with Gasteiger partial charge in [0, 0.05) is 25.6 Å². The third-order valence-electron chi connectivity index (χ3n) is 3.30. The highest BCUT2D eigenvalue weighted by Gasteiger charge is 2.15. The number of ether oxygens (including phenoxy) is 1. The van der Waals surface area contributed by atoms with Crippen molar-refractivity contribution >= 4 is 11.6 Å². The Morgan fingerprint density at radius 2 is 2.44 bits per heavy atom. The van der Waals surface area contributed by atoms with Gasteiger partial charge in [0.1, 0.15) is 11.0 Å². The van der Waals surface area contributed by atoms with Gasteiger partial charge in [-0.25, -0.2) is 4.98 Å². The molecule has 2 rings (SSSR count). The van der Waals surface area contributed by atoms with E-state index in [1.54, 1.807) is 4.57 Å². The Morgan fingerprint density at radius 1 is 1.61 bits per heavy atom. The lowest BCUT2D eigenvalue weighted by Gasteiger charge is -2.12. The second kappa shape index (κ2) is 6.34. The molecular formula is C13H19ClN2O2. The van der Waals surface area contributed by atoms with Crippen molar-refractivity contribution in [2.24, 2.45) is 0 Å². The molecule has 0 saturated carbocycles. The van der Waals surface area contributed by atoms with Crippen molar-refractivity contribution in [3.63, 3.8) is 0 Å². The van der Waals surface area contributed by atoms with E-state index in [0.29, 0.717) is 12.6 Å². The standard InChI is InChI=1S/C13H19ClN2O2/c1-2-12-15-11(14)9-13(17)16(12)7-3-5-10-6-4-8-18-10/h9-10H,2-8H2,1H3. The van der Waals surface area contributed by atoms with Crippen LogP contribution in [-0.4, -0.2) is 22.3 Å². The van der Waals surface area contributed by atoms with Gasteiger partial charge in [-0.3, -0.25) is 9.36 Å². The molecular weight excluding hydrogens is 252 g/mol. The number of rotatable bonds is 5. The van der Waals surface area contributed by atoms with Gasteiger partial charge in [0.05, 0.1) is 6.10 Å². The molecule has 100 valence electrons. The first-order valence-electron chi connectivity index (χ1n) is 6.58. The number of nitrogens with zero attached hydrogens (tertiary/aromatic N) is 2. The van der Waals surface area contributed by atoms with E-state index in [4.69, 9.17) is 16.3 Å². The minimum absolute atomic E-state index is 0.0563. The van der Waals surface area contributed by atoms with E-state index in [-0.39, 0.29) is 10.7 Å². The Labute approximate surface area is 112 Å². The third-order valence-corrected chi connectivity index (χ3v) is 3.50. The van der Waals surface area contributed by atoms with Crippen molar-refractivity contribution < 1.29 is 4.74 Å². The highest BCUT2D eigenvalue weighted by Crippen LogP contribution is 2.17. The summed E-state index contributed by atoms with van der Waals surface area (Å²) in [6.07, 6.45) is 5.36. The summed E-state index contributed by atoms with van der Waals surface area (Å²) in [5.74, 6) is 0.764. The zero-order valence-corrected chi connectivity index (χ0v) is 11.4. The topological polar surface area (TPSA) is 44.1 Å². The Hall–Kier alpha value is -0.870. The first-order chi connectivity index (χ1) is 8.70. The summed E-state index contributed by atoms with van der Waals surface area (Å²) in [5.41, 5.74) is -0.0563. The maximum Gasteiger partial charge on any atom is 0.254 e. The molecule has 0 amide bonds. The van der Waals surface area contributed by atoms with Gasteiger partial charge in [-0.15, -0.1) is 0 Å². The van der Waals surface area contributed by atoms with Gasteiger partial charge in [0.15, 0.2) is 0 Å². The van der Waals surface area contributed by atoms with Crippen LogP contribution in [0.25, 0.3) is 0 Å². The van der Waals surface area contributed by atoms with Crippen molar-refractivity contribution in [1.29, 1.82) is 0 Å². The predicted molar refractivity (Wildman–Crippen MR) is 71.1 cm³/mol. The molecule has 1 unspecified atom stereocenters. The summed E-state index contributed by atoms with van der Waals surface area (Å²) in [4.78, 5) is 16.1. The van der Waals surface area contributed by atoms with E-state index in [1.807, 2.05) is 6.92 Å². The fraction of sp³-hybridized carbons (Fsp3) is 0.692. The van der Waals surface area contributed by atoms with E-state index >= 15 is 0 Å². The van der Waals surface area contributed by atoms with Crippen LogP contribution in [0.15, 0.2) is 10.9 Å². The maximum absolute atomic E-state index is 11.9. The van der Waals surface area contributed by atoms with Crippen LogP contribution in [0, 0.1) is 0 Å². The molecule has 5 heteroatoms. The van der Waals surface area contributed by atoms with Gasteiger partial charge in [-0.2, -0.15) is 0 Å². The smallest absolute Gasteiger partial charge is 0.254 e. The summed E-state index contributed by atoms with van der Waals surface area (Å²) in [6.45, 7) is 3.56. The minimum atomic E-state index is -0.0563. The van der Waals surface area contributed by atoms with Crippen molar-refractivity contribution in [3.05, 3.63) is 27.4 Å². The number of hydrogen-bond donors (Lipinski definition) is 0. The Balaban J connectivity index is 1.97. The molecule has 1 aliphatic heterocycles. The summed E-state index contributed by atoms with van der Waals surface area (Å²) in [5, 5.41) is 0.284. The van der Waals surface area contributed by atoms with Gasteiger partial charge in [-0.1, -0.05) is 18.5 Å². The lowest BCUT2D eigenvalue weighted by atomic mass is 10.1. The highest BCUT2D eigenvalue weighted by molar-refractivity contribution is 6.29. The fourth-order valence-electron chi connectivity index (χ4n) is 2.38. The van der Waals surface area contributed by atoms with Crippen LogP contribution in [0.2, 0.25) is 5.15 Å². The Kier molecular flexibility index (Phi) is 4.78. The number of aryl methyl sites for hydroxylation is 1. The molecule has 0 bridgehead atoms. The van der Waals surface area contributed by atoms with Crippen molar-refractivity contribution in [2.45, 2.75) is 51.7 Å². The van der Waals surface area contributed by atoms with Gasteiger partial charge < -0.3 is 4.74 Å². The van der Waals surface area contributed by atoms with Gasteiger partial charge in [0.2, 0.25) is 0 Å². The van der Waals surface area contributed by atoms with Crippen molar-refractivity contribution in [1.82, 2.24) is 9.55 Å². The lowest BCUT2D eigenvalue weighted by Crippen LogP contribution is -2.24. The summed E-state index contributed by atoms with van der Waals surface area (Å²) in [6, 6.07) is 1.38. The highest BCUT2D eigenvalue weighted by atomic mass is 35.5. The van der Waals surface area contributed by atoms with Crippen molar-refractivity contribution in [3.8, 4) is 0 Å². The second-order valence-corrected chi connectivity index (χ2v) is 5.00. The average Bonchev–Trinajstić information content (AvgIpc) is 2.84. The third kappa shape index (κ3) is 3.33. The van der Waals surface area contributed by atoms with Gasteiger partial charge in [0.25, 0.3) is 5.56 Å². The molecule has 1 aliphatic rings. The van der Waals surface area contributed by atoms with Crippen LogP contribution >= 0.6 is 11.6 Å². The fourth-order valence-corrected chi connectivity index (χ4v) is 2.57. The SMILES string of the molecule is CCc1nc(Cl)cc(=O)n1CCCC1CCCO1. The molecule has 2 heterocycles. The van der Waals surface area contributed by atoms with E-state index in [1.165, 1.54) is 6.07 Å². The van der Waals surface area contributed by atoms with E-state index in [2.05, 4.69) is 4.98 Å². The summed E-state index contributed by atoms with van der Waals surface area (Å²) < 4.78 is 7.30. The van der Waals surface area contributed by atoms with Crippen LogP contribution in [0.4, 0.5) is 0 Å². The Morgan fingerprint density at radius 3 is 3.11 bits per heavy atom. The molecule has 4 nitrogen and oxygen atoms in total. The second-order valence-electron chi connectivity index (χ2n) is 4.62. The number of hydrogen-bond acceptors (Lipinski definition) is 3. The van der Waals surface area contributed by atoms with Crippen LogP contribution in [0.1, 0.15) is 38.4 Å². The first-order valence-corrected chi connectivity index (χ1v) is 6.96. The zero-order valence-electron chi connectivity index (χ0n) is 10.7. The zero-order chi connectivity index (χ0) is 13.0. The molecule has 1 aromatic heterocycles. The van der Waals surface area contributed by atoms with Crippen LogP contribution in [0.3, 0.4) is 0 Å². The first kappa shape index (κ1) is 13.6. The predicted octanol–water partition coefficient (Wildman–Crippen LogP) is 2.42. The van der Waals surface area contributed by atoms with Crippen molar-refractivity contribution in [2.75, 3.05) is 6.61 Å². The van der Waals surface area contributed by atoms with Crippen LogP contribution < -0.4 is 5.56 Å². The van der Waals surface area contributed by atoms with Crippen LogP contribution in [0.5, 0.6) is 0 Å². The molecule has 1 saturated heterocycles. The minimum Gasteiger partial charge on any atom is -0.378 e. The molecule has 18 heavy (non-hydrogen) atoms. The lowest BCUT2D eigenvalue weighted by molar-refractivity contribution is 0.101. The largest absolute Gasteiger partial charge is 0.378 e. The van der Waals surface area contributed by atoms with E-state index in [9.17, 15) is 4.79 Å². The Bertz CT molecular complexity index is 453. The number of aromatic nitrogens is 2. The molecule has 0 radical (unpaired) electrons. The molecule has 1 aromatic rings. The monoisotopic (exact) mass is 270 g/mol. The van der Waals surface area contributed by atoms with E-state index < -0.39 is 0 Å². The quantitative estimate of drug-likeness (QED) is 0.772. The molecule has 1 fully saturated rings. The molecule has 0 aliphatic carbocycles. The van der Waals surface area contributed by atoms with Gasteiger partial charge in [-0.05, 0) is 25.7 Å². The molecule has 0 N–H and O–H groups in total. The summed E-state index contributed by atoms with van der Waals surface area (Å²) >= 11 is 5.79. The van der Waals surface area contributed by atoms with Crippen LogP contribution in [-0.2, 0) is 17.7 Å². The normalized spacial score (nSPS) is 19.3. The maximum atomic E-state index is 11.9. The molecule has 0 aromatic carbocycles. The molecule has 1 atom stereocenters. The average molecular weight is 271 g/mol. The molecule has 0 spiro atoms. The van der Waals surface area contributed by atoms with Gasteiger partial charge >= 0.3 is 0 Å². The number of halogens is 1.